The standard InChI is InChI=1S/C13H17ClN4/c1-17-9-16-12-11(17)3-6-15-13(12)18-7-4-10(8-18)2-5-14/h3,6,9-10H,2,4-5,7-8H2,1H3. The van der Waals surface area contributed by atoms with Gasteiger partial charge in [0.05, 0.1) is 11.8 Å². The van der Waals surface area contributed by atoms with Crippen molar-refractivity contribution in [3.05, 3.63) is 18.6 Å². The second-order valence-corrected chi connectivity index (χ2v) is 5.31. The number of rotatable bonds is 3. The number of alkyl halides is 1. The zero-order valence-electron chi connectivity index (χ0n) is 10.5. The molecule has 2 aromatic rings. The van der Waals surface area contributed by atoms with Crippen molar-refractivity contribution in [3.8, 4) is 0 Å². The van der Waals surface area contributed by atoms with E-state index in [1.54, 1.807) is 0 Å². The number of nitrogens with zero attached hydrogens (tertiary/aromatic N) is 4. The van der Waals surface area contributed by atoms with Crippen molar-refractivity contribution in [1.29, 1.82) is 0 Å². The summed E-state index contributed by atoms with van der Waals surface area (Å²) in [6.07, 6.45) is 6.02. The molecule has 0 bridgehead atoms. The van der Waals surface area contributed by atoms with Crippen LogP contribution in [0, 0.1) is 5.92 Å². The molecule has 0 aromatic carbocycles. The molecule has 1 aliphatic rings. The number of fused-ring (bicyclic) bond motifs is 1. The van der Waals surface area contributed by atoms with Crippen LogP contribution in [0.2, 0.25) is 0 Å². The topological polar surface area (TPSA) is 34.0 Å². The third-order valence-corrected chi connectivity index (χ3v) is 3.94. The van der Waals surface area contributed by atoms with Crippen molar-refractivity contribution >= 4 is 28.5 Å². The summed E-state index contributed by atoms with van der Waals surface area (Å²) in [5.41, 5.74) is 2.15. The number of anilines is 1. The number of hydrogen-bond acceptors (Lipinski definition) is 3. The molecule has 0 N–H and O–H groups in total. The minimum atomic E-state index is 0.697. The van der Waals surface area contributed by atoms with Gasteiger partial charge in [-0.15, -0.1) is 11.6 Å². The highest BCUT2D eigenvalue weighted by Gasteiger charge is 2.24. The lowest BCUT2D eigenvalue weighted by atomic mass is 10.1. The lowest BCUT2D eigenvalue weighted by Crippen LogP contribution is -2.21. The van der Waals surface area contributed by atoms with Crippen LogP contribution >= 0.6 is 11.6 Å². The molecule has 1 saturated heterocycles. The summed E-state index contributed by atoms with van der Waals surface area (Å²) in [4.78, 5) is 11.3. The first-order valence-electron chi connectivity index (χ1n) is 6.36. The van der Waals surface area contributed by atoms with Crippen LogP contribution in [0.25, 0.3) is 11.0 Å². The van der Waals surface area contributed by atoms with E-state index in [9.17, 15) is 0 Å². The molecule has 3 heterocycles. The van der Waals surface area contributed by atoms with Gasteiger partial charge in [0.15, 0.2) is 5.82 Å². The maximum absolute atomic E-state index is 5.82. The maximum atomic E-state index is 5.82. The first-order valence-corrected chi connectivity index (χ1v) is 6.90. The first kappa shape index (κ1) is 11.8. The Bertz CT molecular complexity index is 551. The number of aromatic nitrogens is 3. The van der Waals surface area contributed by atoms with E-state index in [0.717, 1.165) is 42.2 Å². The Morgan fingerprint density at radius 3 is 3.17 bits per heavy atom. The van der Waals surface area contributed by atoms with Crippen LogP contribution in [-0.2, 0) is 7.05 Å². The molecule has 0 amide bonds. The zero-order valence-corrected chi connectivity index (χ0v) is 11.3. The Kier molecular flexibility index (Phi) is 3.12. The van der Waals surface area contributed by atoms with E-state index in [4.69, 9.17) is 11.6 Å². The van der Waals surface area contributed by atoms with Gasteiger partial charge >= 0.3 is 0 Å². The quantitative estimate of drug-likeness (QED) is 0.799. The normalized spacial score (nSPS) is 19.9. The van der Waals surface area contributed by atoms with Gasteiger partial charge in [0.25, 0.3) is 0 Å². The predicted molar refractivity (Wildman–Crippen MR) is 74.2 cm³/mol. The lowest BCUT2D eigenvalue weighted by molar-refractivity contribution is 0.572. The second kappa shape index (κ2) is 4.76. The summed E-state index contributed by atoms with van der Waals surface area (Å²) in [7, 11) is 2.01. The summed E-state index contributed by atoms with van der Waals surface area (Å²) in [6, 6.07) is 2.01. The first-order chi connectivity index (χ1) is 8.79. The summed E-state index contributed by atoms with van der Waals surface area (Å²) in [5.74, 6) is 2.47. The average molecular weight is 265 g/mol. The monoisotopic (exact) mass is 264 g/mol. The van der Waals surface area contributed by atoms with Crippen molar-refractivity contribution in [2.45, 2.75) is 12.8 Å². The van der Waals surface area contributed by atoms with Crippen LogP contribution < -0.4 is 4.90 Å². The van der Waals surface area contributed by atoms with Crippen molar-refractivity contribution in [3.63, 3.8) is 0 Å². The molecule has 4 nitrogen and oxygen atoms in total. The van der Waals surface area contributed by atoms with Gasteiger partial charge in [-0.05, 0) is 24.8 Å². The van der Waals surface area contributed by atoms with Crippen molar-refractivity contribution < 1.29 is 0 Å². The molecule has 1 fully saturated rings. The molecule has 18 heavy (non-hydrogen) atoms. The Balaban J connectivity index is 1.91. The summed E-state index contributed by atoms with van der Waals surface area (Å²) >= 11 is 5.82. The largest absolute Gasteiger partial charge is 0.354 e. The Morgan fingerprint density at radius 1 is 1.44 bits per heavy atom. The maximum Gasteiger partial charge on any atom is 0.156 e. The zero-order chi connectivity index (χ0) is 12.5. The molecule has 3 rings (SSSR count). The van der Waals surface area contributed by atoms with Crippen molar-refractivity contribution in [1.82, 2.24) is 14.5 Å². The molecule has 1 atom stereocenters. The molecular formula is C13H17ClN4. The molecule has 96 valence electrons. The fourth-order valence-corrected chi connectivity index (χ4v) is 3.00. The number of halogens is 1. The second-order valence-electron chi connectivity index (χ2n) is 4.94. The van der Waals surface area contributed by atoms with Gasteiger partial charge in [0, 0.05) is 32.2 Å². The molecular weight excluding hydrogens is 248 g/mol. The van der Waals surface area contributed by atoms with E-state index in [1.165, 1.54) is 6.42 Å². The van der Waals surface area contributed by atoms with E-state index in [-0.39, 0.29) is 0 Å². The highest BCUT2D eigenvalue weighted by molar-refractivity contribution is 6.17. The summed E-state index contributed by atoms with van der Waals surface area (Å²) in [6.45, 7) is 2.11. The van der Waals surface area contributed by atoms with Gasteiger partial charge in [-0.1, -0.05) is 0 Å². The Hall–Kier alpha value is -1.29. The SMILES string of the molecule is Cn1cnc2c(N3CCC(CCCl)C3)nccc21. The molecule has 2 aromatic heterocycles. The van der Waals surface area contributed by atoms with Gasteiger partial charge in [-0.2, -0.15) is 0 Å². The van der Waals surface area contributed by atoms with E-state index >= 15 is 0 Å². The van der Waals surface area contributed by atoms with Gasteiger partial charge < -0.3 is 9.47 Å². The molecule has 0 radical (unpaired) electrons. The Labute approximate surface area is 112 Å². The lowest BCUT2D eigenvalue weighted by Gasteiger charge is -2.17. The van der Waals surface area contributed by atoms with Crippen LogP contribution in [0.1, 0.15) is 12.8 Å². The van der Waals surface area contributed by atoms with Crippen LogP contribution in [0.4, 0.5) is 5.82 Å². The van der Waals surface area contributed by atoms with Gasteiger partial charge in [-0.25, -0.2) is 9.97 Å². The minimum absolute atomic E-state index is 0.697. The van der Waals surface area contributed by atoms with Crippen molar-refractivity contribution in [2.75, 3.05) is 23.9 Å². The number of imidazole rings is 1. The van der Waals surface area contributed by atoms with E-state index in [2.05, 4.69) is 14.9 Å². The van der Waals surface area contributed by atoms with Crippen LogP contribution in [0.15, 0.2) is 18.6 Å². The smallest absolute Gasteiger partial charge is 0.156 e. The minimum Gasteiger partial charge on any atom is -0.354 e. The van der Waals surface area contributed by atoms with Crippen LogP contribution in [0.3, 0.4) is 0 Å². The number of pyridine rings is 1. The molecule has 1 unspecified atom stereocenters. The molecule has 0 spiro atoms. The average Bonchev–Trinajstić information content (AvgIpc) is 2.98. The fourth-order valence-electron chi connectivity index (χ4n) is 2.69. The van der Waals surface area contributed by atoms with E-state index < -0.39 is 0 Å². The van der Waals surface area contributed by atoms with E-state index in [1.807, 2.05) is 30.2 Å². The molecule has 1 aliphatic heterocycles. The predicted octanol–water partition coefficient (Wildman–Crippen LogP) is 2.42. The molecule has 5 heteroatoms. The fraction of sp³-hybridized carbons (Fsp3) is 0.538. The van der Waals surface area contributed by atoms with Crippen LogP contribution in [0.5, 0.6) is 0 Å². The molecule has 0 aliphatic carbocycles. The highest BCUT2D eigenvalue weighted by atomic mass is 35.5. The summed E-state index contributed by atoms with van der Waals surface area (Å²) in [5, 5.41) is 0. The van der Waals surface area contributed by atoms with Gasteiger partial charge in [0.2, 0.25) is 0 Å². The Morgan fingerprint density at radius 2 is 2.33 bits per heavy atom. The summed E-state index contributed by atoms with van der Waals surface area (Å²) < 4.78 is 2.03. The third kappa shape index (κ3) is 1.94. The highest BCUT2D eigenvalue weighted by Crippen LogP contribution is 2.29. The number of hydrogen-bond donors (Lipinski definition) is 0. The van der Waals surface area contributed by atoms with Gasteiger partial charge in [0.1, 0.15) is 5.52 Å². The van der Waals surface area contributed by atoms with Crippen molar-refractivity contribution in [2.24, 2.45) is 13.0 Å². The van der Waals surface area contributed by atoms with Crippen LogP contribution in [-0.4, -0.2) is 33.5 Å². The third-order valence-electron chi connectivity index (χ3n) is 3.73. The van der Waals surface area contributed by atoms with E-state index in [0.29, 0.717) is 5.92 Å². The number of aryl methyl sites for hydroxylation is 1. The van der Waals surface area contributed by atoms with Gasteiger partial charge in [-0.3, -0.25) is 0 Å². The molecule has 0 saturated carbocycles.